The van der Waals surface area contributed by atoms with Crippen LogP contribution >= 0.6 is 11.6 Å². The highest BCUT2D eigenvalue weighted by Gasteiger charge is 2.19. The lowest BCUT2D eigenvalue weighted by Gasteiger charge is -2.34. The number of urea groups is 1. The minimum Gasteiger partial charge on any atom is -0.496 e. The summed E-state index contributed by atoms with van der Waals surface area (Å²) in [7, 11) is 3.16. The fourth-order valence-corrected chi connectivity index (χ4v) is 4.50. The molecule has 0 aromatic heterocycles. The number of hydrogen-bond donors (Lipinski definition) is 2. The lowest BCUT2D eigenvalue weighted by molar-refractivity contribution is 0.0931. The first-order valence-corrected chi connectivity index (χ1v) is 13.1. The summed E-state index contributed by atoms with van der Waals surface area (Å²) in [6.07, 6.45) is 0. The van der Waals surface area contributed by atoms with Gasteiger partial charge < -0.3 is 15.4 Å². The fraction of sp³-hybridized carbons (Fsp3) is 0.310. The Hall–Kier alpha value is -3.59. The Kier molecular flexibility index (Phi) is 9.59. The van der Waals surface area contributed by atoms with Crippen molar-refractivity contribution in [2.45, 2.75) is 6.54 Å². The maximum atomic E-state index is 12.9. The van der Waals surface area contributed by atoms with Crippen molar-refractivity contribution in [1.29, 1.82) is 0 Å². The molecule has 1 aliphatic rings. The third kappa shape index (κ3) is 7.47. The number of nitrogens with one attached hydrogen (secondary N) is 2. The maximum absolute atomic E-state index is 12.9. The van der Waals surface area contributed by atoms with E-state index in [4.69, 9.17) is 16.3 Å². The number of carbonyl (C=O) groups is 2. The van der Waals surface area contributed by atoms with Crippen LogP contribution in [0.25, 0.3) is 0 Å². The molecule has 0 atom stereocenters. The van der Waals surface area contributed by atoms with Gasteiger partial charge in [0.1, 0.15) is 5.75 Å². The monoisotopic (exact) mass is 535 g/mol. The molecule has 2 N–H and O–H groups in total. The van der Waals surface area contributed by atoms with Gasteiger partial charge in [-0.2, -0.15) is 0 Å². The summed E-state index contributed by atoms with van der Waals surface area (Å²) >= 11 is 5.91. The second-order valence-electron chi connectivity index (χ2n) is 9.24. The number of piperazine rings is 1. The van der Waals surface area contributed by atoms with Gasteiger partial charge in [-0.15, -0.1) is 0 Å². The molecule has 3 aromatic rings. The zero-order valence-corrected chi connectivity index (χ0v) is 22.6. The molecule has 0 spiro atoms. The SMILES string of the molecule is COc1cc(N(C)C(=O)Nc2ccc(Cl)cc2)ccc1C(=O)NCCN1CCN(Cc2ccccc2)CC1. The molecule has 38 heavy (non-hydrogen) atoms. The highest BCUT2D eigenvalue weighted by molar-refractivity contribution is 6.30. The average molecular weight is 536 g/mol. The normalized spacial score (nSPS) is 14.1. The Bertz CT molecular complexity index is 1210. The topological polar surface area (TPSA) is 77.1 Å². The Morgan fingerprint density at radius 2 is 1.63 bits per heavy atom. The van der Waals surface area contributed by atoms with E-state index in [2.05, 4.69) is 44.7 Å². The number of amides is 3. The van der Waals surface area contributed by atoms with Crippen molar-refractivity contribution in [2.24, 2.45) is 0 Å². The number of benzene rings is 3. The van der Waals surface area contributed by atoms with Crippen molar-refractivity contribution in [2.75, 3.05) is 63.6 Å². The number of anilines is 2. The Balaban J connectivity index is 1.25. The molecule has 1 aliphatic heterocycles. The van der Waals surface area contributed by atoms with Crippen LogP contribution in [-0.2, 0) is 6.54 Å². The van der Waals surface area contributed by atoms with Gasteiger partial charge in [0.05, 0.1) is 12.7 Å². The van der Waals surface area contributed by atoms with Crippen LogP contribution in [0.15, 0.2) is 72.8 Å². The molecule has 3 aromatic carbocycles. The van der Waals surface area contributed by atoms with E-state index in [1.807, 2.05) is 6.07 Å². The average Bonchev–Trinajstić information content (AvgIpc) is 2.95. The van der Waals surface area contributed by atoms with Gasteiger partial charge in [-0.05, 0) is 42.0 Å². The third-order valence-corrected chi connectivity index (χ3v) is 6.90. The molecule has 4 rings (SSSR count). The molecule has 0 unspecified atom stereocenters. The van der Waals surface area contributed by atoms with E-state index in [0.29, 0.717) is 34.3 Å². The van der Waals surface area contributed by atoms with Crippen LogP contribution in [0.5, 0.6) is 5.75 Å². The van der Waals surface area contributed by atoms with E-state index in [1.54, 1.807) is 49.5 Å². The standard InChI is InChI=1S/C29H34ClN5O3/c1-33(29(37)32-24-10-8-23(30)9-11-24)25-12-13-26(27(20-25)38-2)28(36)31-14-15-34-16-18-35(19-17-34)21-22-6-4-3-5-7-22/h3-13,20H,14-19,21H2,1-2H3,(H,31,36)(H,32,37). The van der Waals surface area contributed by atoms with Crippen molar-refractivity contribution in [1.82, 2.24) is 15.1 Å². The van der Waals surface area contributed by atoms with Crippen LogP contribution < -0.4 is 20.3 Å². The van der Waals surface area contributed by atoms with Gasteiger partial charge >= 0.3 is 6.03 Å². The van der Waals surface area contributed by atoms with Gasteiger partial charge in [-0.1, -0.05) is 41.9 Å². The molecule has 0 saturated carbocycles. The molecule has 0 bridgehead atoms. The van der Waals surface area contributed by atoms with Gasteiger partial charge in [-0.25, -0.2) is 4.79 Å². The zero-order chi connectivity index (χ0) is 26.9. The van der Waals surface area contributed by atoms with Crippen molar-refractivity contribution < 1.29 is 14.3 Å². The number of methoxy groups -OCH3 is 1. The van der Waals surface area contributed by atoms with E-state index >= 15 is 0 Å². The van der Waals surface area contributed by atoms with Crippen LogP contribution in [0.4, 0.5) is 16.2 Å². The van der Waals surface area contributed by atoms with Gasteiger partial charge in [0, 0.05) is 75.3 Å². The van der Waals surface area contributed by atoms with Crippen LogP contribution in [0.2, 0.25) is 5.02 Å². The molecule has 8 nitrogen and oxygen atoms in total. The summed E-state index contributed by atoms with van der Waals surface area (Å²) in [5.74, 6) is 0.199. The van der Waals surface area contributed by atoms with Crippen molar-refractivity contribution >= 4 is 34.9 Å². The van der Waals surface area contributed by atoms with E-state index in [0.717, 1.165) is 39.3 Å². The molecule has 0 aliphatic carbocycles. The van der Waals surface area contributed by atoms with Crippen LogP contribution in [0.3, 0.4) is 0 Å². The van der Waals surface area contributed by atoms with E-state index in [9.17, 15) is 9.59 Å². The molecule has 1 fully saturated rings. The van der Waals surface area contributed by atoms with Gasteiger partial charge in [0.15, 0.2) is 0 Å². The fourth-order valence-electron chi connectivity index (χ4n) is 4.37. The lowest BCUT2D eigenvalue weighted by atomic mass is 10.1. The summed E-state index contributed by atoms with van der Waals surface area (Å²) < 4.78 is 5.48. The Morgan fingerprint density at radius 3 is 2.32 bits per heavy atom. The number of carbonyl (C=O) groups excluding carboxylic acids is 2. The van der Waals surface area contributed by atoms with Crippen molar-refractivity contribution in [3.05, 3.63) is 88.9 Å². The number of nitrogens with zero attached hydrogens (tertiary/aromatic N) is 3. The number of ether oxygens (including phenoxy) is 1. The molecule has 1 heterocycles. The van der Waals surface area contributed by atoms with Crippen LogP contribution in [0.1, 0.15) is 15.9 Å². The number of halogens is 1. The summed E-state index contributed by atoms with van der Waals surface area (Å²) in [6.45, 7) is 6.29. The predicted octanol–water partition coefficient (Wildman–Crippen LogP) is 4.56. The first kappa shape index (κ1) is 27.4. The van der Waals surface area contributed by atoms with Crippen LogP contribution in [0, 0.1) is 0 Å². The highest BCUT2D eigenvalue weighted by atomic mass is 35.5. The minimum atomic E-state index is -0.324. The minimum absolute atomic E-state index is 0.204. The quantitative estimate of drug-likeness (QED) is 0.420. The Morgan fingerprint density at radius 1 is 0.947 bits per heavy atom. The first-order chi connectivity index (χ1) is 18.4. The first-order valence-electron chi connectivity index (χ1n) is 12.7. The second-order valence-corrected chi connectivity index (χ2v) is 9.68. The molecule has 200 valence electrons. The summed E-state index contributed by atoms with van der Waals surface area (Å²) in [5, 5.41) is 6.41. The molecule has 1 saturated heterocycles. The third-order valence-electron chi connectivity index (χ3n) is 6.64. The van der Waals surface area contributed by atoms with Gasteiger partial charge in [0.2, 0.25) is 0 Å². The second kappa shape index (κ2) is 13.3. The maximum Gasteiger partial charge on any atom is 0.326 e. The highest BCUT2D eigenvalue weighted by Crippen LogP contribution is 2.26. The van der Waals surface area contributed by atoms with Crippen molar-refractivity contribution in [3.8, 4) is 5.75 Å². The molecule has 9 heteroatoms. The van der Waals surface area contributed by atoms with E-state index in [-0.39, 0.29) is 11.9 Å². The van der Waals surface area contributed by atoms with Crippen molar-refractivity contribution in [3.63, 3.8) is 0 Å². The molecule has 0 radical (unpaired) electrons. The van der Waals surface area contributed by atoms with Gasteiger partial charge in [0.25, 0.3) is 5.91 Å². The molecular formula is C29H34ClN5O3. The number of hydrogen-bond acceptors (Lipinski definition) is 5. The summed E-state index contributed by atoms with van der Waals surface area (Å²) in [4.78, 5) is 31.8. The van der Waals surface area contributed by atoms with Gasteiger partial charge in [-0.3, -0.25) is 19.5 Å². The number of rotatable bonds is 9. The zero-order valence-electron chi connectivity index (χ0n) is 21.8. The van der Waals surface area contributed by atoms with Crippen LogP contribution in [-0.4, -0.2) is 75.2 Å². The molecule has 3 amide bonds. The molecular weight excluding hydrogens is 502 g/mol. The largest absolute Gasteiger partial charge is 0.496 e. The summed E-state index contributed by atoms with van der Waals surface area (Å²) in [6, 6.07) is 22.2. The smallest absolute Gasteiger partial charge is 0.326 e. The summed E-state index contributed by atoms with van der Waals surface area (Å²) in [5.41, 5.74) is 2.99. The van der Waals surface area contributed by atoms with E-state index in [1.165, 1.54) is 17.6 Å². The predicted molar refractivity (Wildman–Crippen MR) is 152 cm³/mol. The lowest BCUT2D eigenvalue weighted by Crippen LogP contribution is -2.48. The van der Waals surface area contributed by atoms with E-state index < -0.39 is 0 Å². The Labute approximate surface area is 229 Å².